The first-order chi connectivity index (χ1) is 16.4. The number of carbonyl (C=O) groups excluding carboxylic acids is 1. The molecule has 1 rings (SSSR count). The van der Waals surface area contributed by atoms with Gasteiger partial charge in [0.2, 0.25) is 0 Å². The molecule has 0 aliphatic heterocycles. The Hall–Kier alpha value is -2.20. The molecule has 204 valence electrons. The summed E-state index contributed by atoms with van der Waals surface area (Å²) in [6.07, 6.45) is -1.16. The molecule has 0 unspecified atom stereocenters. The maximum atomic E-state index is 15.4. The minimum absolute atomic E-state index is 0.0356. The number of carbonyl (C=O) groups is 3. The standard InChI is InChI=1S/C24H33Cl2F3N2O5/c1-22(2,3)24(21(35)36,8-7-16(32)33)31(23(4,5)6)20(34)14-13-15(27)19(18(29)17(14)28)30(11-9-25)12-10-26/h13H,7-12H2,1-6H3,(H,32,33)(H,35,36)/t24-/m0/s1. The van der Waals surface area contributed by atoms with E-state index in [1.807, 2.05) is 0 Å². The van der Waals surface area contributed by atoms with Crippen LogP contribution in [0.2, 0.25) is 0 Å². The van der Waals surface area contributed by atoms with Gasteiger partial charge in [-0.15, -0.1) is 23.2 Å². The number of amides is 1. The number of rotatable bonds is 11. The summed E-state index contributed by atoms with van der Waals surface area (Å²) in [5, 5.41) is 19.6. The van der Waals surface area contributed by atoms with Crippen molar-refractivity contribution in [2.24, 2.45) is 5.41 Å². The fraction of sp³-hybridized carbons (Fsp3) is 0.625. The van der Waals surface area contributed by atoms with Crippen molar-refractivity contribution in [1.82, 2.24) is 4.90 Å². The number of hydrogen-bond donors (Lipinski definition) is 2. The molecule has 0 saturated heterocycles. The van der Waals surface area contributed by atoms with E-state index in [1.54, 1.807) is 0 Å². The monoisotopic (exact) mass is 556 g/mol. The van der Waals surface area contributed by atoms with Gasteiger partial charge in [0.05, 0.1) is 5.56 Å². The van der Waals surface area contributed by atoms with Gasteiger partial charge < -0.3 is 20.0 Å². The number of aliphatic carboxylic acids is 2. The summed E-state index contributed by atoms with van der Waals surface area (Å²) in [6.45, 7) is 8.78. The highest BCUT2D eigenvalue weighted by Crippen LogP contribution is 2.45. The van der Waals surface area contributed by atoms with E-state index in [2.05, 4.69) is 0 Å². The highest BCUT2D eigenvalue weighted by molar-refractivity contribution is 6.18. The second kappa shape index (κ2) is 11.9. The molecule has 0 aromatic heterocycles. The fourth-order valence-electron chi connectivity index (χ4n) is 4.37. The molecule has 0 fully saturated rings. The fourth-order valence-corrected chi connectivity index (χ4v) is 4.78. The molecule has 1 amide bonds. The predicted octanol–water partition coefficient (Wildman–Crippen LogP) is 5.36. The smallest absolute Gasteiger partial charge is 0.330 e. The molecule has 0 radical (unpaired) electrons. The van der Waals surface area contributed by atoms with Crippen LogP contribution in [-0.4, -0.2) is 68.9 Å². The van der Waals surface area contributed by atoms with Crippen LogP contribution in [0.1, 0.15) is 64.7 Å². The topological polar surface area (TPSA) is 98.2 Å². The summed E-state index contributed by atoms with van der Waals surface area (Å²) in [4.78, 5) is 39.8. The van der Waals surface area contributed by atoms with Crippen molar-refractivity contribution in [2.75, 3.05) is 29.7 Å². The van der Waals surface area contributed by atoms with E-state index in [1.165, 1.54) is 41.5 Å². The van der Waals surface area contributed by atoms with Crippen LogP contribution >= 0.6 is 23.2 Å². The largest absolute Gasteiger partial charge is 0.481 e. The second-order valence-electron chi connectivity index (χ2n) is 10.4. The van der Waals surface area contributed by atoms with Crippen LogP contribution in [0.3, 0.4) is 0 Å². The zero-order valence-electron chi connectivity index (χ0n) is 21.2. The molecule has 12 heteroatoms. The van der Waals surface area contributed by atoms with E-state index in [0.717, 1.165) is 9.80 Å². The van der Waals surface area contributed by atoms with Crippen LogP contribution in [0.15, 0.2) is 6.07 Å². The first-order valence-electron chi connectivity index (χ1n) is 11.2. The summed E-state index contributed by atoms with van der Waals surface area (Å²) in [6, 6.07) is 0.511. The van der Waals surface area contributed by atoms with Crippen LogP contribution in [0.4, 0.5) is 18.9 Å². The Morgan fingerprint density at radius 3 is 1.78 bits per heavy atom. The predicted molar refractivity (Wildman–Crippen MR) is 133 cm³/mol. The summed E-state index contributed by atoms with van der Waals surface area (Å²) < 4.78 is 45.7. The lowest BCUT2D eigenvalue weighted by Crippen LogP contribution is -2.69. The van der Waals surface area contributed by atoms with Gasteiger partial charge in [-0.25, -0.2) is 18.0 Å². The van der Waals surface area contributed by atoms with E-state index >= 15 is 13.2 Å². The van der Waals surface area contributed by atoms with Crippen molar-refractivity contribution in [2.45, 2.75) is 65.5 Å². The van der Waals surface area contributed by atoms with Crippen molar-refractivity contribution in [3.63, 3.8) is 0 Å². The molecule has 36 heavy (non-hydrogen) atoms. The molecule has 0 aliphatic rings. The highest BCUT2D eigenvalue weighted by atomic mass is 35.5. The van der Waals surface area contributed by atoms with Gasteiger partial charge in [0.15, 0.2) is 17.5 Å². The van der Waals surface area contributed by atoms with Crippen LogP contribution in [0.5, 0.6) is 0 Å². The summed E-state index contributed by atoms with van der Waals surface area (Å²) in [7, 11) is 0. The average Bonchev–Trinajstić information content (AvgIpc) is 2.71. The number of hydrogen-bond acceptors (Lipinski definition) is 4. The maximum absolute atomic E-state index is 15.4. The number of halogens is 5. The second-order valence-corrected chi connectivity index (χ2v) is 11.1. The molecule has 2 N–H and O–H groups in total. The van der Waals surface area contributed by atoms with Crippen LogP contribution < -0.4 is 4.90 Å². The average molecular weight is 557 g/mol. The number of benzene rings is 1. The zero-order valence-corrected chi connectivity index (χ0v) is 22.7. The summed E-state index contributed by atoms with van der Waals surface area (Å²) >= 11 is 11.4. The first kappa shape index (κ1) is 31.8. The number of carboxylic acids is 2. The molecular formula is C24H33Cl2F3N2O5. The Balaban J connectivity index is 3.93. The molecule has 0 bridgehead atoms. The van der Waals surface area contributed by atoms with Crippen LogP contribution in [0, 0.1) is 22.9 Å². The summed E-state index contributed by atoms with van der Waals surface area (Å²) in [5.41, 5.74) is -6.56. The van der Waals surface area contributed by atoms with E-state index in [4.69, 9.17) is 23.2 Å². The van der Waals surface area contributed by atoms with Gasteiger partial charge in [-0.05, 0) is 38.7 Å². The van der Waals surface area contributed by atoms with Crippen LogP contribution in [0.25, 0.3) is 0 Å². The molecule has 0 aliphatic carbocycles. The lowest BCUT2D eigenvalue weighted by molar-refractivity contribution is -0.164. The molecule has 7 nitrogen and oxygen atoms in total. The normalized spacial score (nSPS) is 13.8. The molecular weight excluding hydrogens is 524 g/mol. The third-order valence-corrected chi connectivity index (χ3v) is 6.28. The first-order valence-corrected chi connectivity index (χ1v) is 12.3. The molecule has 0 saturated carbocycles. The minimum Gasteiger partial charge on any atom is -0.481 e. The Kier molecular flexibility index (Phi) is 10.5. The van der Waals surface area contributed by atoms with Crippen molar-refractivity contribution in [1.29, 1.82) is 0 Å². The van der Waals surface area contributed by atoms with E-state index in [-0.39, 0.29) is 24.8 Å². The molecule has 0 heterocycles. The van der Waals surface area contributed by atoms with Crippen molar-refractivity contribution in [3.05, 3.63) is 29.1 Å². The lowest BCUT2D eigenvalue weighted by atomic mass is 9.67. The van der Waals surface area contributed by atoms with Gasteiger partial charge in [-0.3, -0.25) is 9.59 Å². The van der Waals surface area contributed by atoms with Gasteiger partial charge in [0.25, 0.3) is 5.91 Å². The third-order valence-electron chi connectivity index (χ3n) is 5.94. The Morgan fingerprint density at radius 2 is 1.42 bits per heavy atom. The number of anilines is 1. The van der Waals surface area contributed by atoms with Crippen molar-refractivity contribution in [3.8, 4) is 0 Å². The van der Waals surface area contributed by atoms with Crippen LogP contribution in [-0.2, 0) is 9.59 Å². The van der Waals surface area contributed by atoms with E-state index in [0.29, 0.717) is 6.07 Å². The molecule has 1 aromatic carbocycles. The third kappa shape index (κ3) is 6.37. The Morgan fingerprint density at radius 1 is 0.917 bits per heavy atom. The van der Waals surface area contributed by atoms with Crippen molar-refractivity contribution < 1.29 is 37.8 Å². The Labute approximate surface area is 219 Å². The number of nitrogens with zero attached hydrogens (tertiary/aromatic N) is 2. The quantitative estimate of drug-likeness (QED) is 0.281. The minimum atomic E-state index is -2.18. The highest BCUT2D eigenvalue weighted by Gasteiger charge is 2.58. The lowest BCUT2D eigenvalue weighted by Gasteiger charge is -2.54. The number of alkyl halides is 2. The molecule has 1 atom stereocenters. The van der Waals surface area contributed by atoms with Gasteiger partial charge >= 0.3 is 11.9 Å². The van der Waals surface area contributed by atoms with E-state index in [9.17, 15) is 24.6 Å². The maximum Gasteiger partial charge on any atom is 0.330 e. The molecule has 0 spiro atoms. The number of carboxylic acid groups (broad SMARTS) is 2. The molecule has 1 aromatic rings. The SMILES string of the molecule is CC(C)(C)N(C(=O)c1cc(F)c(N(CCCl)CCCl)c(F)c1F)[C@@](CCC(=O)O)(C(=O)O)C(C)(C)C. The van der Waals surface area contributed by atoms with Gasteiger partial charge in [0.1, 0.15) is 11.2 Å². The van der Waals surface area contributed by atoms with E-state index < -0.39 is 75.9 Å². The van der Waals surface area contributed by atoms with Gasteiger partial charge in [-0.1, -0.05) is 20.8 Å². The Bertz CT molecular complexity index is 989. The zero-order chi connectivity index (χ0) is 28.2. The summed E-state index contributed by atoms with van der Waals surface area (Å²) in [5.74, 6) is -8.80. The van der Waals surface area contributed by atoms with Gasteiger partial charge in [-0.2, -0.15) is 0 Å². The van der Waals surface area contributed by atoms with Gasteiger partial charge in [0, 0.05) is 36.8 Å². The van der Waals surface area contributed by atoms with Crippen molar-refractivity contribution >= 4 is 46.7 Å².